The van der Waals surface area contributed by atoms with Crippen LogP contribution < -0.4 is 10.6 Å². The Morgan fingerprint density at radius 2 is 1.95 bits per heavy atom. The van der Waals surface area contributed by atoms with Crippen LogP contribution >= 0.6 is 0 Å². The van der Waals surface area contributed by atoms with Gasteiger partial charge >= 0.3 is 0 Å². The van der Waals surface area contributed by atoms with Crippen molar-refractivity contribution in [1.82, 2.24) is 15.1 Å². The lowest BCUT2D eigenvalue weighted by Crippen LogP contribution is -2.23. The van der Waals surface area contributed by atoms with Crippen molar-refractivity contribution >= 4 is 11.6 Å². The van der Waals surface area contributed by atoms with Crippen LogP contribution in [-0.4, -0.2) is 22.7 Å². The average Bonchev–Trinajstić information content (AvgIpc) is 2.84. The van der Waals surface area contributed by atoms with Gasteiger partial charge in [-0.1, -0.05) is 29.3 Å². The first-order chi connectivity index (χ1) is 9.97. The van der Waals surface area contributed by atoms with Crippen molar-refractivity contribution in [1.29, 1.82) is 0 Å². The summed E-state index contributed by atoms with van der Waals surface area (Å²) in [6.45, 7) is 6.55. The fraction of sp³-hybridized carbons (Fsp3) is 0.375. The van der Waals surface area contributed by atoms with Crippen LogP contribution in [0.4, 0.5) is 5.69 Å². The molecule has 1 aromatic heterocycles. The Morgan fingerprint density at radius 3 is 2.57 bits per heavy atom. The summed E-state index contributed by atoms with van der Waals surface area (Å²) >= 11 is 0. The molecule has 21 heavy (non-hydrogen) atoms. The number of nitrogens with zero attached hydrogens (tertiary/aromatic N) is 2. The van der Waals surface area contributed by atoms with Gasteiger partial charge in [0.15, 0.2) is 0 Å². The summed E-state index contributed by atoms with van der Waals surface area (Å²) in [5.74, 6) is -0.0630. The summed E-state index contributed by atoms with van der Waals surface area (Å²) in [6, 6.07) is 6.71. The fourth-order valence-electron chi connectivity index (χ4n) is 2.34. The highest BCUT2D eigenvalue weighted by atomic mass is 16.1. The first kappa shape index (κ1) is 15.1. The Kier molecular flexibility index (Phi) is 4.62. The molecule has 1 amide bonds. The van der Waals surface area contributed by atoms with Gasteiger partial charge in [-0.2, -0.15) is 5.10 Å². The van der Waals surface area contributed by atoms with Gasteiger partial charge in [0.05, 0.1) is 11.9 Å². The van der Waals surface area contributed by atoms with Gasteiger partial charge in [-0.25, -0.2) is 0 Å². The largest absolute Gasteiger partial charge is 0.376 e. The third-order valence-electron chi connectivity index (χ3n) is 3.34. The minimum atomic E-state index is -0.0630. The maximum atomic E-state index is 11.3. The summed E-state index contributed by atoms with van der Waals surface area (Å²) in [5.41, 5.74) is 4.67. The zero-order valence-corrected chi connectivity index (χ0v) is 13.0. The fourth-order valence-corrected chi connectivity index (χ4v) is 2.34. The summed E-state index contributed by atoms with van der Waals surface area (Å²) < 4.78 is 1.62. The van der Waals surface area contributed by atoms with E-state index in [9.17, 15) is 4.79 Å². The van der Waals surface area contributed by atoms with Crippen LogP contribution in [0.25, 0.3) is 0 Å². The number of aryl methyl sites for hydroxylation is 2. The summed E-state index contributed by atoms with van der Waals surface area (Å²) in [5, 5.41) is 10.2. The molecule has 112 valence electrons. The molecule has 0 radical (unpaired) electrons. The van der Waals surface area contributed by atoms with Gasteiger partial charge in [0.1, 0.15) is 6.54 Å². The Hall–Kier alpha value is -2.30. The lowest BCUT2D eigenvalue weighted by molar-refractivity contribution is -0.121. The molecular weight excluding hydrogens is 264 g/mol. The first-order valence-electron chi connectivity index (χ1n) is 7.05. The zero-order chi connectivity index (χ0) is 15.4. The van der Waals surface area contributed by atoms with Crippen LogP contribution in [-0.2, 0) is 11.3 Å². The Balaban J connectivity index is 2.05. The highest BCUT2D eigenvalue weighted by Gasteiger charge is 2.09. The number of anilines is 1. The molecule has 0 fully saturated rings. The molecule has 0 aliphatic heterocycles. The number of hydrogen-bond donors (Lipinski definition) is 2. The molecule has 0 aliphatic rings. The van der Waals surface area contributed by atoms with E-state index in [1.54, 1.807) is 17.9 Å². The van der Waals surface area contributed by atoms with E-state index in [4.69, 9.17) is 0 Å². The van der Waals surface area contributed by atoms with Gasteiger partial charge in [0.25, 0.3) is 0 Å². The zero-order valence-electron chi connectivity index (χ0n) is 13.0. The van der Waals surface area contributed by atoms with Crippen LogP contribution in [0.5, 0.6) is 0 Å². The maximum Gasteiger partial charge on any atom is 0.241 e. The van der Waals surface area contributed by atoms with Crippen molar-refractivity contribution in [3.8, 4) is 0 Å². The smallest absolute Gasteiger partial charge is 0.241 e. The third-order valence-corrected chi connectivity index (χ3v) is 3.34. The van der Waals surface area contributed by atoms with Crippen LogP contribution in [0.1, 0.15) is 29.7 Å². The molecule has 0 bridgehead atoms. The third kappa shape index (κ3) is 4.08. The Morgan fingerprint density at radius 1 is 1.29 bits per heavy atom. The van der Waals surface area contributed by atoms with Crippen molar-refractivity contribution in [3.63, 3.8) is 0 Å². The molecule has 1 atom stereocenters. The van der Waals surface area contributed by atoms with Gasteiger partial charge in [0, 0.05) is 19.3 Å². The maximum absolute atomic E-state index is 11.3. The SMILES string of the molecule is CNC(=O)Cn1cc(NC(C)c2cc(C)cc(C)c2)cn1. The van der Waals surface area contributed by atoms with Gasteiger partial charge in [-0.05, 0) is 26.3 Å². The van der Waals surface area contributed by atoms with Crippen molar-refractivity contribution in [2.75, 3.05) is 12.4 Å². The number of hydrogen-bond acceptors (Lipinski definition) is 3. The monoisotopic (exact) mass is 286 g/mol. The normalized spacial score (nSPS) is 12.0. The summed E-state index contributed by atoms with van der Waals surface area (Å²) in [4.78, 5) is 11.3. The van der Waals surface area contributed by atoms with E-state index in [2.05, 4.69) is 54.7 Å². The van der Waals surface area contributed by atoms with E-state index in [0.717, 1.165) is 5.69 Å². The summed E-state index contributed by atoms with van der Waals surface area (Å²) in [6.07, 6.45) is 3.58. The predicted molar refractivity (Wildman–Crippen MR) is 84.2 cm³/mol. The number of carbonyl (C=O) groups is 1. The topological polar surface area (TPSA) is 59.0 Å². The number of nitrogens with one attached hydrogen (secondary N) is 2. The van der Waals surface area contributed by atoms with Crippen molar-refractivity contribution in [2.24, 2.45) is 0 Å². The molecule has 1 heterocycles. The van der Waals surface area contributed by atoms with E-state index in [1.165, 1.54) is 16.7 Å². The molecule has 0 spiro atoms. The Bertz CT molecular complexity index is 613. The van der Waals surface area contributed by atoms with Crippen molar-refractivity contribution in [3.05, 3.63) is 47.3 Å². The molecule has 0 saturated heterocycles. The molecule has 1 unspecified atom stereocenters. The molecule has 5 heteroatoms. The molecule has 2 rings (SSSR count). The highest BCUT2D eigenvalue weighted by molar-refractivity contribution is 5.75. The molecule has 0 aliphatic carbocycles. The van der Waals surface area contributed by atoms with Crippen molar-refractivity contribution < 1.29 is 4.79 Å². The van der Waals surface area contributed by atoms with Gasteiger partial charge in [0.2, 0.25) is 5.91 Å². The highest BCUT2D eigenvalue weighted by Crippen LogP contribution is 2.21. The van der Waals surface area contributed by atoms with Gasteiger partial charge in [-0.15, -0.1) is 0 Å². The number of benzene rings is 1. The van der Waals surface area contributed by atoms with Gasteiger partial charge in [-0.3, -0.25) is 9.48 Å². The minimum Gasteiger partial charge on any atom is -0.376 e. The van der Waals surface area contributed by atoms with E-state index in [1.807, 2.05) is 6.20 Å². The Labute approximate surface area is 125 Å². The quantitative estimate of drug-likeness (QED) is 0.887. The molecule has 2 N–H and O–H groups in total. The van der Waals surface area contributed by atoms with Crippen LogP contribution in [0.15, 0.2) is 30.6 Å². The second-order valence-corrected chi connectivity index (χ2v) is 5.39. The van der Waals surface area contributed by atoms with E-state index in [0.29, 0.717) is 0 Å². The standard InChI is InChI=1S/C16H22N4O/c1-11-5-12(2)7-14(6-11)13(3)19-15-8-18-20(9-15)10-16(21)17-4/h5-9,13,19H,10H2,1-4H3,(H,17,21). The number of amides is 1. The first-order valence-corrected chi connectivity index (χ1v) is 7.05. The number of aromatic nitrogens is 2. The second-order valence-electron chi connectivity index (χ2n) is 5.39. The lowest BCUT2D eigenvalue weighted by Gasteiger charge is -2.15. The molecule has 0 saturated carbocycles. The molecule has 5 nitrogen and oxygen atoms in total. The number of likely N-dealkylation sites (N-methyl/N-ethyl adjacent to an activating group) is 1. The van der Waals surface area contributed by atoms with Crippen LogP contribution in [0, 0.1) is 13.8 Å². The molecular formula is C16H22N4O. The van der Waals surface area contributed by atoms with E-state index >= 15 is 0 Å². The van der Waals surface area contributed by atoms with E-state index in [-0.39, 0.29) is 18.5 Å². The number of carbonyl (C=O) groups excluding carboxylic acids is 1. The van der Waals surface area contributed by atoms with Crippen LogP contribution in [0.3, 0.4) is 0 Å². The van der Waals surface area contributed by atoms with E-state index < -0.39 is 0 Å². The van der Waals surface area contributed by atoms with Crippen molar-refractivity contribution in [2.45, 2.75) is 33.4 Å². The number of rotatable bonds is 5. The predicted octanol–water partition coefficient (Wildman–Crippen LogP) is 2.42. The van der Waals surface area contributed by atoms with Gasteiger partial charge < -0.3 is 10.6 Å². The lowest BCUT2D eigenvalue weighted by atomic mass is 10.0. The van der Waals surface area contributed by atoms with Crippen LogP contribution in [0.2, 0.25) is 0 Å². The second kappa shape index (κ2) is 6.43. The minimum absolute atomic E-state index is 0.0630. The molecule has 2 aromatic rings. The molecule has 1 aromatic carbocycles. The average molecular weight is 286 g/mol. The summed E-state index contributed by atoms with van der Waals surface area (Å²) in [7, 11) is 1.62.